The van der Waals surface area contributed by atoms with Crippen LogP contribution in [0.2, 0.25) is 0 Å². The van der Waals surface area contributed by atoms with Gasteiger partial charge in [0, 0.05) is 17.2 Å². The molecule has 0 atom stereocenters. The largest absolute Gasteiger partial charge is 0.482 e. The van der Waals surface area contributed by atoms with Gasteiger partial charge in [0.15, 0.2) is 13.2 Å². The van der Waals surface area contributed by atoms with E-state index >= 15 is 0 Å². The summed E-state index contributed by atoms with van der Waals surface area (Å²) in [6.07, 6.45) is 0. The van der Waals surface area contributed by atoms with Gasteiger partial charge in [-0.2, -0.15) is 0 Å². The molecule has 0 aliphatic rings. The second-order valence-corrected chi connectivity index (χ2v) is 8.30. The van der Waals surface area contributed by atoms with Crippen LogP contribution in [0.1, 0.15) is 36.5 Å². The molecule has 5 nitrogen and oxygen atoms in total. The molecule has 2 rings (SSSR count). The van der Waals surface area contributed by atoms with Crippen LogP contribution in [0.3, 0.4) is 0 Å². The highest BCUT2D eigenvalue weighted by Crippen LogP contribution is 2.23. The van der Waals surface area contributed by atoms with Crippen LogP contribution >= 0.6 is 11.8 Å². The van der Waals surface area contributed by atoms with Crippen molar-refractivity contribution in [2.45, 2.75) is 38.5 Å². The quantitative estimate of drug-likeness (QED) is 0.357. The average molecular weight is 416 g/mol. The molecule has 29 heavy (non-hydrogen) atoms. The van der Waals surface area contributed by atoms with Crippen LogP contribution in [-0.2, 0) is 14.3 Å². The fourth-order valence-electron chi connectivity index (χ4n) is 2.76. The maximum Gasteiger partial charge on any atom is 0.344 e. The number of hydrogen-bond acceptors (Lipinski definition) is 5. The molecular formula is C23H29NO4S. The lowest BCUT2D eigenvalue weighted by Crippen LogP contribution is -2.31. The normalized spacial score (nSPS) is 10.7. The van der Waals surface area contributed by atoms with Gasteiger partial charge in [-0.05, 0) is 55.2 Å². The van der Waals surface area contributed by atoms with Gasteiger partial charge >= 0.3 is 5.97 Å². The molecule has 1 N–H and O–H groups in total. The molecule has 0 fully saturated rings. The highest BCUT2D eigenvalue weighted by atomic mass is 32.2. The minimum atomic E-state index is -0.570. The first-order chi connectivity index (χ1) is 13.8. The van der Waals surface area contributed by atoms with Crippen molar-refractivity contribution in [1.29, 1.82) is 0 Å². The lowest BCUT2D eigenvalue weighted by Gasteiger charge is -2.12. The van der Waals surface area contributed by atoms with Gasteiger partial charge in [0.25, 0.3) is 5.91 Å². The summed E-state index contributed by atoms with van der Waals surface area (Å²) in [6, 6.07) is 14.0. The number of carbonyl (C=O) groups excluding carboxylic acids is 2. The van der Waals surface area contributed by atoms with Gasteiger partial charge in [0.1, 0.15) is 5.75 Å². The van der Waals surface area contributed by atoms with Gasteiger partial charge in [0.05, 0.1) is 0 Å². The Balaban J connectivity index is 1.61. The third kappa shape index (κ3) is 8.20. The van der Waals surface area contributed by atoms with Gasteiger partial charge in [-0.15, -0.1) is 11.8 Å². The Morgan fingerprint density at radius 2 is 1.76 bits per heavy atom. The van der Waals surface area contributed by atoms with E-state index in [1.165, 1.54) is 11.1 Å². The van der Waals surface area contributed by atoms with Gasteiger partial charge in [-0.1, -0.05) is 37.6 Å². The summed E-state index contributed by atoms with van der Waals surface area (Å²) in [5.41, 5.74) is 3.59. The maximum atomic E-state index is 11.8. The summed E-state index contributed by atoms with van der Waals surface area (Å²) < 4.78 is 10.4. The van der Waals surface area contributed by atoms with Crippen molar-refractivity contribution in [2.75, 3.05) is 25.5 Å². The first kappa shape index (κ1) is 22.8. The smallest absolute Gasteiger partial charge is 0.344 e. The first-order valence-corrected chi connectivity index (χ1v) is 10.7. The first-order valence-electron chi connectivity index (χ1n) is 9.70. The average Bonchev–Trinajstić information content (AvgIpc) is 2.69. The number of aryl methyl sites for hydroxylation is 2. The summed E-state index contributed by atoms with van der Waals surface area (Å²) in [5.74, 6) is 0.904. The van der Waals surface area contributed by atoms with Crippen molar-refractivity contribution in [1.82, 2.24) is 5.32 Å². The van der Waals surface area contributed by atoms with Gasteiger partial charge < -0.3 is 14.8 Å². The van der Waals surface area contributed by atoms with E-state index in [2.05, 4.69) is 43.4 Å². The van der Waals surface area contributed by atoms with Crippen LogP contribution in [0.5, 0.6) is 5.75 Å². The minimum Gasteiger partial charge on any atom is -0.482 e. The van der Waals surface area contributed by atoms with E-state index in [4.69, 9.17) is 9.47 Å². The van der Waals surface area contributed by atoms with Crippen LogP contribution in [0.4, 0.5) is 0 Å². The van der Waals surface area contributed by atoms with E-state index in [9.17, 15) is 9.59 Å². The second-order valence-electron chi connectivity index (χ2n) is 7.13. The fraction of sp³-hybridized carbons (Fsp3) is 0.391. The van der Waals surface area contributed by atoms with Crippen molar-refractivity contribution < 1.29 is 19.1 Å². The number of hydrogen-bond donors (Lipinski definition) is 1. The Morgan fingerprint density at radius 3 is 2.41 bits per heavy atom. The Labute approximate surface area is 177 Å². The van der Waals surface area contributed by atoms with Crippen LogP contribution in [-0.4, -0.2) is 37.4 Å². The number of carbonyl (C=O) groups is 2. The topological polar surface area (TPSA) is 64.6 Å². The number of nitrogens with one attached hydrogen (secondary N) is 1. The Bertz CT molecular complexity index is 818. The molecule has 2 aromatic carbocycles. The van der Waals surface area contributed by atoms with E-state index in [0.29, 0.717) is 18.2 Å². The highest BCUT2D eigenvalue weighted by molar-refractivity contribution is 7.99. The van der Waals surface area contributed by atoms with Gasteiger partial charge in [0.2, 0.25) is 0 Å². The van der Waals surface area contributed by atoms with E-state index in [0.717, 1.165) is 16.2 Å². The molecule has 1 amide bonds. The molecule has 0 heterocycles. The zero-order valence-electron chi connectivity index (χ0n) is 17.5. The molecular weight excluding hydrogens is 386 g/mol. The Hall–Kier alpha value is -2.47. The van der Waals surface area contributed by atoms with Crippen LogP contribution in [0.15, 0.2) is 47.4 Å². The predicted molar refractivity (Wildman–Crippen MR) is 117 cm³/mol. The van der Waals surface area contributed by atoms with Crippen molar-refractivity contribution in [3.8, 4) is 5.75 Å². The van der Waals surface area contributed by atoms with Crippen LogP contribution < -0.4 is 10.1 Å². The zero-order chi connectivity index (χ0) is 21.2. The minimum absolute atomic E-state index is 0.225. The number of benzene rings is 2. The molecule has 0 aromatic heterocycles. The third-order valence-corrected chi connectivity index (χ3v) is 5.31. The van der Waals surface area contributed by atoms with Crippen molar-refractivity contribution in [3.63, 3.8) is 0 Å². The van der Waals surface area contributed by atoms with E-state index in [-0.39, 0.29) is 19.1 Å². The van der Waals surface area contributed by atoms with Crippen molar-refractivity contribution in [3.05, 3.63) is 59.2 Å². The van der Waals surface area contributed by atoms with Crippen molar-refractivity contribution >= 4 is 23.6 Å². The van der Waals surface area contributed by atoms with Gasteiger partial charge in [-0.3, -0.25) is 4.79 Å². The van der Waals surface area contributed by atoms with Crippen LogP contribution in [0.25, 0.3) is 0 Å². The molecule has 0 unspecified atom stereocenters. The lowest BCUT2D eigenvalue weighted by atomic mass is 9.98. The summed E-state index contributed by atoms with van der Waals surface area (Å²) in [6.45, 7) is 8.30. The van der Waals surface area contributed by atoms with E-state index in [1.807, 2.05) is 32.0 Å². The summed E-state index contributed by atoms with van der Waals surface area (Å²) in [7, 11) is 0. The molecule has 0 spiro atoms. The zero-order valence-corrected chi connectivity index (χ0v) is 18.3. The predicted octanol–water partition coefficient (Wildman–Crippen LogP) is 4.26. The Morgan fingerprint density at radius 1 is 1.03 bits per heavy atom. The summed E-state index contributed by atoms with van der Waals surface area (Å²) in [4.78, 5) is 24.7. The van der Waals surface area contributed by atoms with E-state index < -0.39 is 5.97 Å². The molecule has 2 aromatic rings. The maximum absolute atomic E-state index is 11.8. The number of amides is 1. The second kappa shape index (κ2) is 11.5. The fourth-order valence-corrected chi connectivity index (χ4v) is 3.53. The molecule has 0 bridgehead atoms. The monoisotopic (exact) mass is 415 g/mol. The number of thioether (sulfide) groups is 1. The molecule has 6 heteroatoms. The molecule has 0 saturated heterocycles. The lowest BCUT2D eigenvalue weighted by molar-refractivity contribution is -0.150. The number of rotatable bonds is 10. The van der Waals surface area contributed by atoms with E-state index in [1.54, 1.807) is 11.8 Å². The Kier molecular flexibility index (Phi) is 9.06. The third-order valence-electron chi connectivity index (χ3n) is 4.30. The summed E-state index contributed by atoms with van der Waals surface area (Å²) in [5, 5.41) is 2.74. The van der Waals surface area contributed by atoms with Crippen LogP contribution in [0, 0.1) is 13.8 Å². The molecule has 0 aliphatic heterocycles. The SMILES string of the molecule is Cc1ccc(SCCNC(=O)COC(=O)COc2ccc(C(C)C)c(C)c2)cc1. The number of ether oxygens (including phenoxy) is 2. The molecule has 0 radical (unpaired) electrons. The molecule has 0 aliphatic carbocycles. The van der Waals surface area contributed by atoms with Gasteiger partial charge in [-0.25, -0.2) is 4.79 Å². The highest BCUT2D eigenvalue weighted by Gasteiger charge is 2.10. The standard InChI is InChI=1S/C23H29NO4S/c1-16(2)21-10-7-19(13-18(21)4)27-15-23(26)28-14-22(25)24-11-12-29-20-8-5-17(3)6-9-20/h5-10,13,16H,11-12,14-15H2,1-4H3,(H,24,25). The summed E-state index contributed by atoms with van der Waals surface area (Å²) >= 11 is 1.66. The number of esters is 1. The molecule has 156 valence electrons. The van der Waals surface area contributed by atoms with Crippen molar-refractivity contribution in [2.24, 2.45) is 0 Å². The molecule has 0 saturated carbocycles.